The summed E-state index contributed by atoms with van der Waals surface area (Å²) in [5, 5.41) is 12.6. The molecule has 2 aromatic carbocycles. The van der Waals surface area contributed by atoms with E-state index in [1.165, 1.54) is 6.07 Å². The van der Waals surface area contributed by atoms with Crippen LogP contribution in [-0.4, -0.2) is 35.1 Å². The summed E-state index contributed by atoms with van der Waals surface area (Å²) in [7, 11) is 3.58. The quantitative estimate of drug-likeness (QED) is 0.325. The van der Waals surface area contributed by atoms with Gasteiger partial charge in [0.2, 0.25) is 5.70 Å². The van der Waals surface area contributed by atoms with E-state index < -0.39 is 0 Å². The first kappa shape index (κ1) is 20.5. The lowest BCUT2D eigenvalue weighted by atomic mass is 10.0. The van der Waals surface area contributed by atoms with Crippen LogP contribution in [0.15, 0.2) is 48.2 Å². The highest BCUT2D eigenvalue weighted by molar-refractivity contribution is 5.99. The zero-order valence-electron chi connectivity index (χ0n) is 17.9. The second-order valence-corrected chi connectivity index (χ2v) is 7.80. The van der Waals surface area contributed by atoms with Gasteiger partial charge in [-0.3, -0.25) is 10.1 Å². The number of fused-ring (bicyclic) bond motifs is 1. The summed E-state index contributed by atoms with van der Waals surface area (Å²) < 4.78 is 7.37. The maximum absolute atomic E-state index is 11.9. The molecule has 0 radical (unpaired) electrons. The molecule has 4 rings (SSSR count). The lowest BCUT2D eigenvalue weighted by Gasteiger charge is -2.16. The smallest absolute Gasteiger partial charge is 0.267 e. The van der Waals surface area contributed by atoms with E-state index in [2.05, 4.69) is 9.41 Å². The molecule has 0 atom stereocenters. The molecular formula is C24H24N4O3. The Hall–Kier alpha value is -3.79. The van der Waals surface area contributed by atoms with Crippen LogP contribution in [0.25, 0.3) is 21.4 Å². The Morgan fingerprint density at radius 2 is 2.00 bits per heavy atom. The summed E-state index contributed by atoms with van der Waals surface area (Å²) in [5.41, 5.74) is 4.65. The largest absolute Gasteiger partial charge is 0.497 e. The van der Waals surface area contributed by atoms with Crippen LogP contribution in [0.2, 0.25) is 0 Å². The van der Waals surface area contributed by atoms with Crippen molar-refractivity contribution in [1.29, 1.82) is 0 Å². The summed E-state index contributed by atoms with van der Waals surface area (Å²) in [5.74, 6) is 0.796. The highest BCUT2D eigenvalue weighted by Gasteiger charge is 2.28. The minimum absolute atomic E-state index is 0.0205. The number of nitrogens with zero attached hydrogens (tertiary/aromatic N) is 4. The van der Waals surface area contributed by atoms with Crippen molar-refractivity contribution in [2.75, 3.05) is 20.7 Å². The zero-order valence-corrected chi connectivity index (χ0v) is 17.9. The molecule has 7 nitrogen and oxygen atoms in total. The number of aryl methyl sites for hydroxylation is 1. The van der Waals surface area contributed by atoms with Crippen LogP contribution in [0.5, 0.6) is 5.75 Å². The molecule has 0 aliphatic carbocycles. The maximum atomic E-state index is 11.9. The Kier molecular flexibility index (Phi) is 5.38. The van der Waals surface area contributed by atoms with Crippen molar-refractivity contribution in [3.63, 3.8) is 0 Å². The number of methoxy groups -OCH3 is 1. The molecule has 1 aliphatic rings. The molecule has 158 valence electrons. The van der Waals surface area contributed by atoms with Crippen molar-refractivity contribution in [3.05, 3.63) is 86.5 Å². The first-order chi connectivity index (χ1) is 14.9. The molecule has 7 heteroatoms. The number of aromatic nitrogens is 1. The molecule has 2 heterocycles. The normalized spacial score (nSPS) is 15.2. The highest BCUT2D eigenvalue weighted by Crippen LogP contribution is 2.40. The Morgan fingerprint density at radius 1 is 1.26 bits per heavy atom. The van der Waals surface area contributed by atoms with Gasteiger partial charge in [-0.1, -0.05) is 12.1 Å². The van der Waals surface area contributed by atoms with Crippen molar-refractivity contribution >= 4 is 22.3 Å². The minimum Gasteiger partial charge on any atom is -0.497 e. The Balaban J connectivity index is 1.91. The molecule has 0 amide bonds. The summed E-state index contributed by atoms with van der Waals surface area (Å²) >= 11 is 0. The molecule has 0 N–H and O–H groups in total. The van der Waals surface area contributed by atoms with E-state index in [4.69, 9.17) is 11.3 Å². The van der Waals surface area contributed by atoms with E-state index in [1.54, 1.807) is 13.2 Å². The summed E-state index contributed by atoms with van der Waals surface area (Å²) in [6, 6.07) is 13.1. The third-order valence-corrected chi connectivity index (χ3v) is 5.96. The average Bonchev–Trinajstić information content (AvgIpc) is 3.32. The number of ether oxygens (including phenoxy) is 1. The molecule has 1 aliphatic heterocycles. The number of allylic oxidation sites excluding steroid dienone is 1. The van der Waals surface area contributed by atoms with Crippen molar-refractivity contribution in [2.24, 2.45) is 0 Å². The van der Waals surface area contributed by atoms with Crippen LogP contribution in [0, 0.1) is 23.6 Å². The fourth-order valence-electron chi connectivity index (χ4n) is 4.35. The molecule has 31 heavy (non-hydrogen) atoms. The van der Waals surface area contributed by atoms with Crippen molar-refractivity contribution in [2.45, 2.75) is 26.3 Å². The van der Waals surface area contributed by atoms with Crippen molar-refractivity contribution in [1.82, 2.24) is 9.47 Å². The van der Waals surface area contributed by atoms with Gasteiger partial charge in [-0.2, -0.15) is 0 Å². The molecule has 3 aromatic rings. The van der Waals surface area contributed by atoms with Gasteiger partial charge in [-0.05, 0) is 49.6 Å². The molecular weight excluding hydrogens is 392 g/mol. The monoisotopic (exact) mass is 416 g/mol. The topological polar surface area (TPSA) is 64.9 Å². The predicted molar refractivity (Wildman–Crippen MR) is 121 cm³/mol. The first-order valence-corrected chi connectivity index (χ1v) is 10.2. The van der Waals surface area contributed by atoms with Gasteiger partial charge in [0.25, 0.3) is 5.69 Å². The van der Waals surface area contributed by atoms with E-state index >= 15 is 0 Å². The van der Waals surface area contributed by atoms with E-state index in [0.717, 1.165) is 53.0 Å². The molecule has 1 fully saturated rings. The molecule has 0 saturated carbocycles. The van der Waals surface area contributed by atoms with Crippen LogP contribution in [-0.2, 0) is 6.54 Å². The minimum atomic E-state index is -0.383. The van der Waals surface area contributed by atoms with Gasteiger partial charge in [-0.15, -0.1) is 0 Å². The van der Waals surface area contributed by atoms with Crippen molar-refractivity contribution in [3.8, 4) is 5.75 Å². The van der Waals surface area contributed by atoms with Crippen LogP contribution < -0.4 is 4.74 Å². The number of likely N-dealkylation sites (tertiary alicyclic amines) is 1. The number of rotatable bonds is 5. The number of hydrogen-bond acceptors (Lipinski definition) is 4. The summed E-state index contributed by atoms with van der Waals surface area (Å²) in [6.45, 7) is 11.3. The highest BCUT2D eigenvalue weighted by atomic mass is 16.6. The van der Waals surface area contributed by atoms with E-state index in [1.807, 2.05) is 49.2 Å². The predicted octanol–water partition coefficient (Wildman–Crippen LogP) is 5.23. The third kappa shape index (κ3) is 3.61. The van der Waals surface area contributed by atoms with Crippen molar-refractivity contribution < 1.29 is 9.66 Å². The Morgan fingerprint density at radius 3 is 2.58 bits per heavy atom. The lowest BCUT2D eigenvalue weighted by molar-refractivity contribution is -0.385. The van der Waals surface area contributed by atoms with Crippen LogP contribution in [0.3, 0.4) is 0 Å². The Labute approximate surface area is 181 Å². The fraction of sp³-hybridized carbons (Fsp3) is 0.292. The van der Waals surface area contributed by atoms with Gasteiger partial charge >= 0.3 is 0 Å². The number of nitro benzene ring substituents is 1. The summed E-state index contributed by atoms with van der Waals surface area (Å²) in [6.07, 6.45) is 1.71. The third-order valence-electron chi connectivity index (χ3n) is 5.96. The van der Waals surface area contributed by atoms with Gasteiger partial charge in [0.1, 0.15) is 5.75 Å². The van der Waals surface area contributed by atoms with Crippen LogP contribution in [0.1, 0.15) is 29.7 Å². The standard InChI is InChI=1S/C24H24N4O3/c1-16-14-19-20(27(16)15-17-7-9-18(31-4)10-8-17)11-12-21(28(29)30)23(19)24(25-2)22-6-5-13-26(22)3/h7-12,14H,5-6,13,15H2,1,3-4H3/b24-22-. The van der Waals surface area contributed by atoms with E-state index in [-0.39, 0.29) is 10.6 Å². The van der Waals surface area contributed by atoms with Gasteiger partial charge < -0.3 is 14.2 Å². The lowest BCUT2D eigenvalue weighted by Crippen LogP contribution is -2.12. The number of hydrogen-bond donors (Lipinski definition) is 0. The molecule has 0 spiro atoms. The summed E-state index contributed by atoms with van der Waals surface area (Å²) in [4.78, 5) is 17.3. The Bertz CT molecular complexity index is 1230. The van der Waals surface area contributed by atoms with Gasteiger partial charge in [0, 0.05) is 48.5 Å². The second-order valence-electron chi connectivity index (χ2n) is 7.80. The van der Waals surface area contributed by atoms with Gasteiger partial charge in [-0.25, -0.2) is 4.85 Å². The molecule has 0 bridgehead atoms. The van der Waals surface area contributed by atoms with Crippen LogP contribution in [0.4, 0.5) is 5.69 Å². The molecule has 1 saturated heterocycles. The fourth-order valence-corrected chi connectivity index (χ4v) is 4.35. The second kappa shape index (κ2) is 8.15. The number of nitro groups is 1. The SMILES string of the molecule is [C-]#[N+]/C(=C1/CCCN1C)c1c([N+](=O)[O-])ccc2c1cc(C)n2Cc1ccc(OC)cc1. The van der Waals surface area contributed by atoms with E-state index in [9.17, 15) is 10.1 Å². The zero-order chi connectivity index (χ0) is 22.1. The van der Waals surface area contributed by atoms with Gasteiger partial charge in [0.15, 0.2) is 0 Å². The van der Waals surface area contributed by atoms with Crippen LogP contribution >= 0.6 is 0 Å². The number of benzene rings is 2. The van der Waals surface area contributed by atoms with Gasteiger partial charge in [0.05, 0.1) is 24.2 Å². The maximum Gasteiger partial charge on any atom is 0.267 e. The molecule has 0 unspecified atom stereocenters. The van der Waals surface area contributed by atoms with E-state index in [0.29, 0.717) is 17.8 Å². The first-order valence-electron chi connectivity index (χ1n) is 10.2. The average molecular weight is 416 g/mol. The molecule has 1 aromatic heterocycles.